The second kappa shape index (κ2) is 13.9. The number of aryl methyl sites for hydroxylation is 1. The van der Waals surface area contributed by atoms with Crippen molar-refractivity contribution in [1.29, 1.82) is 0 Å². The summed E-state index contributed by atoms with van der Waals surface area (Å²) in [5.41, 5.74) is 7.12. The first-order valence-corrected chi connectivity index (χ1v) is 16.5. The van der Waals surface area contributed by atoms with Crippen molar-refractivity contribution in [1.82, 2.24) is 9.78 Å². The molecule has 0 saturated heterocycles. The number of halogens is 1. The van der Waals surface area contributed by atoms with Crippen LogP contribution in [0.3, 0.4) is 0 Å². The highest BCUT2D eigenvalue weighted by molar-refractivity contribution is 8.00. The molecule has 0 bridgehead atoms. The maximum Gasteiger partial charge on any atom is 0.280 e. The molecule has 48 heavy (non-hydrogen) atoms. The number of hydrogen-bond donors (Lipinski definition) is 0. The molecule has 0 aliphatic carbocycles. The van der Waals surface area contributed by atoms with Gasteiger partial charge in [0.15, 0.2) is 0 Å². The van der Waals surface area contributed by atoms with Crippen LogP contribution in [0.1, 0.15) is 16.7 Å². The lowest BCUT2D eigenvalue weighted by molar-refractivity contribution is -0.114. The average Bonchev–Trinajstić information content (AvgIpc) is 3.69. The minimum atomic E-state index is -0.286. The number of rotatable bonds is 10. The zero-order valence-corrected chi connectivity index (χ0v) is 27.0. The Bertz CT molecular complexity index is 2110. The second-order valence-electron chi connectivity index (χ2n) is 11.3. The Morgan fingerprint density at radius 3 is 2.25 bits per heavy atom. The van der Waals surface area contributed by atoms with Crippen molar-refractivity contribution >= 4 is 35.1 Å². The topological polar surface area (TPSA) is 59.7 Å². The van der Waals surface area contributed by atoms with E-state index in [0.717, 1.165) is 27.3 Å². The molecule has 1 aliphatic rings. The number of aromatic nitrogens is 2. The van der Waals surface area contributed by atoms with Crippen LogP contribution in [0.2, 0.25) is 0 Å². The molecule has 1 amide bonds. The lowest BCUT2D eigenvalue weighted by Crippen LogP contribution is -2.21. The largest absolute Gasteiger partial charge is 0.489 e. The fraction of sp³-hybridized carbons (Fsp3) is 0.0750. The molecule has 0 saturated carbocycles. The van der Waals surface area contributed by atoms with Gasteiger partial charge in [0.25, 0.3) is 5.91 Å². The van der Waals surface area contributed by atoms with E-state index in [1.54, 1.807) is 23.9 Å². The molecule has 236 valence electrons. The second-order valence-corrected chi connectivity index (χ2v) is 12.4. The van der Waals surface area contributed by atoms with E-state index in [-0.39, 0.29) is 11.7 Å². The molecule has 6 nitrogen and oxygen atoms in total. The summed E-state index contributed by atoms with van der Waals surface area (Å²) in [6, 6.07) is 41.6. The van der Waals surface area contributed by atoms with Gasteiger partial charge in [0.1, 0.15) is 23.9 Å². The smallest absolute Gasteiger partial charge is 0.280 e. The number of ether oxygens (including phenoxy) is 1. The van der Waals surface area contributed by atoms with E-state index in [9.17, 15) is 9.18 Å². The highest BCUT2D eigenvalue weighted by Gasteiger charge is 2.31. The number of amides is 1. The van der Waals surface area contributed by atoms with Gasteiger partial charge in [0.05, 0.1) is 22.7 Å². The number of carbonyl (C=O) groups is 1. The Balaban J connectivity index is 1.26. The summed E-state index contributed by atoms with van der Waals surface area (Å²) in [5, 5.41) is 11.3. The molecular formula is C40H31FN4O2S. The predicted molar refractivity (Wildman–Crippen MR) is 191 cm³/mol. The highest BCUT2D eigenvalue weighted by Crippen LogP contribution is 2.33. The normalized spacial score (nSPS) is 13.6. The van der Waals surface area contributed by atoms with Crippen LogP contribution in [-0.2, 0) is 11.4 Å². The number of nitrogens with zero attached hydrogens (tertiary/aromatic N) is 4. The molecule has 6 aromatic rings. The van der Waals surface area contributed by atoms with Gasteiger partial charge in [-0.2, -0.15) is 15.2 Å². The quantitative estimate of drug-likeness (QED) is 0.110. The van der Waals surface area contributed by atoms with Gasteiger partial charge in [-0.3, -0.25) is 4.79 Å². The first kappa shape index (κ1) is 30.9. The van der Waals surface area contributed by atoms with Crippen LogP contribution in [0, 0.1) is 12.7 Å². The van der Waals surface area contributed by atoms with Gasteiger partial charge in [-0.15, -0.1) is 11.8 Å². The number of anilines is 1. The third kappa shape index (κ3) is 6.99. The lowest BCUT2D eigenvalue weighted by atomic mass is 10.0. The number of hydrazone groups is 1. The van der Waals surface area contributed by atoms with E-state index < -0.39 is 0 Å². The van der Waals surface area contributed by atoms with Crippen molar-refractivity contribution in [2.24, 2.45) is 5.10 Å². The van der Waals surface area contributed by atoms with Crippen LogP contribution in [0.5, 0.6) is 5.75 Å². The molecule has 0 atom stereocenters. The number of para-hydroxylation sites is 2. The van der Waals surface area contributed by atoms with Gasteiger partial charge in [0.2, 0.25) is 0 Å². The van der Waals surface area contributed by atoms with Crippen molar-refractivity contribution in [2.45, 2.75) is 18.4 Å². The van der Waals surface area contributed by atoms with E-state index in [0.29, 0.717) is 40.8 Å². The van der Waals surface area contributed by atoms with Crippen LogP contribution in [0.4, 0.5) is 10.1 Å². The van der Waals surface area contributed by atoms with E-state index >= 15 is 0 Å². The van der Waals surface area contributed by atoms with E-state index in [4.69, 9.17) is 14.9 Å². The summed E-state index contributed by atoms with van der Waals surface area (Å²) in [5.74, 6) is 0.675. The van der Waals surface area contributed by atoms with Gasteiger partial charge in [0, 0.05) is 28.0 Å². The monoisotopic (exact) mass is 650 g/mol. The Morgan fingerprint density at radius 2 is 1.52 bits per heavy atom. The maximum absolute atomic E-state index is 14.1. The van der Waals surface area contributed by atoms with E-state index in [1.807, 2.05) is 102 Å². The first-order valence-electron chi connectivity index (χ1n) is 15.5. The summed E-state index contributed by atoms with van der Waals surface area (Å²) in [6.07, 6.45) is 3.83. The van der Waals surface area contributed by atoms with Crippen LogP contribution in [-0.4, -0.2) is 27.2 Å². The molecule has 0 unspecified atom stereocenters. The summed E-state index contributed by atoms with van der Waals surface area (Å²) in [6.45, 7) is 2.36. The van der Waals surface area contributed by atoms with Crippen LogP contribution in [0.25, 0.3) is 23.0 Å². The Kier molecular flexibility index (Phi) is 8.98. The van der Waals surface area contributed by atoms with Gasteiger partial charge in [-0.05, 0) is 79.2 Å². The zero-order chi connectivity index (χ0) is 32.9. The number of carbonyl (C=O) groups excluding carboxylic acids is 1. The summed E-state index contributed by atoms with van der Waals surface area (Å²) in [7, 11) is 0. The molecular weight excluding hydrogens is 620 g/mol. The molecule has 0 N–H and O–H groups in total. The molecule has 5 aromatic carbocycles. The van der Waals surface area contributed by atoms with Crippen molar-refractivity contribution in [2.75, 3.05) is 10.8 Å². The molecule has 0 radical (unpaired) electrons. The van der Waals surface area contributed by atoms with Gasteiger partial charge < -0.3 is 4.74 Å². The third-order valence-corrected chi connectivity index (χ3v) is 8.86. The molecule has 1 aromatic heterocycles. The van der Waals surface area contributed by atoms with Crippen LogP contribution >= 0.6 is 11.8 Å². The van der Waals surface area contributed by atoms with Crippen molar-refractivity contribution in [3.63, 3.8) is 0 Å². The average molecular weight is 651 g/mol. The third-order valence-electron chi connectivity index (χ3n) is 7.84. The molecule has 8 heteroatoms. The standard InChI is InChI=1S/C40H31FN4O2S/c1-28-15-21-36(22-16-28)48-27-38-37(40(46)45(42-38)34-12-6-3-7-13-34)24-31-25-44(33-10-4-2-5-11-33)43-39(31)30-9-8-14-35(23-30)47-26-29-17-19-32(41)20-18-29/h2-25H,26-27H2,1H3/b37-24-. The van der Waals surface area contributed by atoms with E-state index in [2.05, 4.69) is 31.2 Å². The number of thioether (sulfide) groups is 1. The number of benzene rings is 5. The Labute approximate surface area is 282 Å². The fourth-order valence-corrected chi connectivity index (χ4v) is 6.15. The zero-order valence-electron chi connectivity index (χ0n) is 26.2. The van der Waals surface area contributed by atoms with Crippen LogP contribution < -0.4 is 9.75 Å². The van der Waals surface area contributed by atoms with Crippen LogP contribution in [0.15, 0.2) is 155 Å². The Morgan fingerprint density at radius 1 is 0.812 bits per heavy atom. The van der Waals surface area contributed by atoms with Gasteiger partial charge in [-0.25, -0.2) is 9.07 Å². The molecule has 0 fully saturated rings. The van der Waals surface area contributed by atoms with Crippen molar-refractivity contribution in [3.8, 4) is 22.7 Å². The summed E-state index contributed by atoms with van der Waals surface area (Å²) in [4.78, 5) is 15.2. The van der Waals surface area contributed by atoms with Gasteiger partial charge in [-0.1, -0.05) is 78.4 Å². The minimum Gasteiger partial charge on any atom is -0.489 e. The number of hydrogen-bond acceptors (Lipinski definition) is 5. The minimum absolute atomic E-state index is 0.199. The molecule has 0 spiro atoms. The molecule has 7 rings (SSSR count). The predicted octanol–water partition coefficient (Wildman–Crippen LogP) is 9.14. The fourth-order valence-electron chi connectivity index (χ4n) is 5.31. The van der Waals surface area contributed by atoms with Crippen molar-refractivity contribution < 1.29 is 13.9 Å². The van der Waals surface area contributed by atoms with E-state index in [1.165, 1.54) is 22.7 Å². The van der Waals surface area contributed by atoms with Crippen molar-refractivity contribution in [3.05, 3.63) is 168 Å². The summed E-state index contributed by atoms with van der Waals surface area (Å²) >= 11 is 1.64. The van der Waals surface area contributed by atoms with Gasteiger partial charge >= 0.3 is 0 Å². The summed E-state index contributed by atoms with van der Waals surface area (Å²) < 4.78 is 21.3. The highest BCUT2D eigenvalue weighted by atomic mass is 32.2. The first-order chi connectivity index (χ1) is 23.5. The molecule has 2 heterocycles. The lowest BCUT2D eigenvalue weighted by Gasteiger charge is -2.11. The Hall–Kier alpha value is -5.73. The SMILES string of the molecule is Cc1ccc(SCC2=NN(c3ccccc3)C(=O)/C2=C\c2cn(-c3ccccc3)nc2-c2cccc(OCc3ccc(F)cc3)c2)cc1. The maximum atomic E-state index is 14.1. The molecule has 1 aliphatic heterocycles.